The number of anilines is 1. The number of amides is 1. The number of hydrogen-bond donors (Lipinski definition) is 1. The number of benzene rings is 1. The minimum absolute atomic E-state index is 0.134. The van der Waals surface area contributed by atoms with Gasteiger partial charge in [-0.3, -0.25) is 4.79 Å². The molecular formula is C24H19F7N4O5S. The number of carbonyl (C=O) groups is 1. The average Bonchev–Trinajstić information content (AvgIpc) is 3.66. The molecule has 0 radical (unpaired) electrons. The van der Waals surface area contributed by atoms with Crippen LogP contribution in [0.5, 0.6) is 17.5 Å². The van der Waals surface area contributed by atoms with E-state index in [1.165, 1.54) is 18.2 Å². The molecule has 41 heavy (non-hydrogen) atoms. The number of ether oxygens (including phenoxy) is 2. The molecule has 1 aliphatic rings. The zero-order chi connectivity index (χ0) is 30.5. The smallest absolute Gasteiger partial charge is 0.435 e. The highest BCUT2D eigenvalue weighted by molar-refractivity contribution is 7.90. The molecule has 4 rings (SSSR count). The molecule has 0 spiro atoms. The number of nitrogens with one attached hydrogen (secondary N) is 1. The van der Waals surface area contributed by atoms with Gasteiger partial charge >= 0.3 is 12.4 Å². The third-order valence-electron chi connectivity index (χ3n) is 6.27. The van der Waals surface area contributed by atoms with Crippen molar-refractivity contribution in [3.8, 4) is 17.5 Å². The van der Waals surface area contributed by atoms with Crippen molar-refractivity contribution in [1.82, 2.24) is 15.2 Å². The number of alkyl halides is 6. The van der Waals surface area contributed by atoms with Crippen LogP contribution in [-0.2, 0) is 21.4 Å². The number of halogens is 7. The quantitative estimate of drug-likeness (QED) is 0.355. The lowest BCUT2D eigenvalue weighted by atomic mass is 10.0. The van der Waals surface area contributed by atoms with Crippen LogP contribution in [0.4, 0.5) is 36.4 Å². The highest BCUT2D eigenvalue weighted by Crippen LogP contribution is 2.59. The molecule has 2 aromatic heterocycles. The zero-order valence-electron chi connectivity index (χ0n) is 21.2. The van der Waals surface area contributed by atoms with Gasteiger partial charge in [-0.2, -0.15) is 26.3 Å². The summed E-state index contributed by atoms with van der Waals surface area (Å²) in [5.41, 5.74) is -6.47. The largest absolute Gasteiger partial charge is 0.478 e. The van der Waals surface area contributed by atoms with Crippen LogP contribution in [0.3, 0.4) is 0 Å². The Bertz CT molecular complexity index is 1640. The lowest BCUT2D eigenvalue weighted by Gasteiger charge is -2.21. The van der Waals surface area contributed by atoms with Crippen molar-refractivity contribution in [2.24, 2.45) is 0 Å². The molecule has 0 bridgehead atoms. The average molecular weight is 608 g/mol. The van der Waals surface area contributed by atoms with E-state index in [4.69, 9.17) is 9.47 Å². The van der Waals surface area contributed by atoms with Crippen LogP contribution < -0.4 is 14.8 Å². The monoisotopic (exact) mass is 608 g/mol. The van der Waals surface area contributed by atoms with Crippen LogP contribution in [0.2, 0.25) is 0 Å². The third kappa shape index (κ3) is 5.75. The first-order valence-corrected chi connectivity index (χ1v) is 13.3. The zero-order valence-corrected chi connectivity index (χ0v) is 22.1. The van der Waals surface area contributed by atoms with Crippen LogP contribution in [0.25, 0.3) is 0 Å². The second kappa shape index (κ2) is 10.1. The molecule has 1 fully saturated rings. The van der Waals surface area contributed by atoms with Gasteiger partial charge in [-0.05, 0) is 43.5 Å². The second-order valence-corrected chi connectivity index (χ2v) is 11.1. The minimum Gasteiger partial charge on any atom is -0.478 e. The van der Waals surface area contributed by atoms with E-state index in [1.807, 2.05) is 0 Å². The maximum Gasteiger partial charge on any atom is 0.435 e. The van der Waals surface area contributed by atoms with E-state index in [1.54, 1.807) is 0 Å². The van der Waals surface area contributed by atoms with Gasteiger partial charge in [0.05, 0.1) is 17.7 Å². The summed E-state index contributed by atoms with van der Waals surface area (Å²) >= 11 is 0. The molecule has 1 aromatic carbocycles. The van der Waals surface area contributed by atoms with E-state index in [2.05, 4.69) is 20.5 Å². The molecule has 9 nitrogen and oxygen atoms in total. The Kier molecular flexibility index (Phi) is 7.39. The van der Waals surface area contributed by atoms with E-state index in [9.17, 15) is 39.6 Å². The number of rotatable bonds is 7. The van der Waals surface area contributed by atoms with Crippen LogP contribution in [-0.4, -0.2) is 49.0 Å². The van der Waals surface area contributed by atoms with Gasteiger partial charge in [0.2, 0.25) is 5.75 Å². The first-order valence-electron chi connectivity index (χ1n) is 11.4. The summed E-state index contributed by atoms with van der Waals surface area (Å²) in [6.45, 7) is 0.862. The summed E-state index contributed by atoms with van der Waals surface area (Å²) in [5, 5.41) is 8.55. The Hall–Kier alpha value is -4.02. The maximum absolute atomic E-state index is 15.1. The van der Waals surface area contributed by atoms with Crippen molar-refractivity contribution < 1.29 is 53.4 Å². The van der Waals surface area contributed by atoms with Crippen LogP contribution >= 0.6 is 0 Å². The molecule has 1 amide bonds. The molecule has 17 heteroatoms. The fourth-order valence-corrected chi connectivity index (χ4v) is 4.63. The van der Waals surface area contributed by atoms with Gasteiger partial charge in [-0.1, -0.05) is 6.07 Å². The van der Waals surface area contributed by atoms with Gasteiger partial charge in [0.25, 0.3) is 17.7 Å². The highest BCUT2D eigenvalue weighted by atomic mass is 32.2. The molecule has 0 saturated heterocycles. The number of methoxy groups -OCH3 is 1. The topological polar surface area (TPSA) is 120 Å². The summed E-state index contributed by atoms with van der Waals surface area (Å²) in [7, 11) is -2.78. The van der Waals surface area contributed by atoms with E-state index < -0.39 is 79.4 Å². The van der Waals surface area contributed by atoms with Gasteiger partial charge in [0, 0.05) is 18.0 Å². The standard InChI is InChI=1S/C24H19F7N4O5S/c1-11-16(19(36)32-12-5-4-6-13(9-12)41(3,37)38)20(35-34-18(11)23(26,27)28)40-17-14(25)10-15(33-21(17)39-2)22(7-8-22)24(29,30)31/h4-6,9-10H,7-8H2,1-3H3,(H,32,36). The lowest BCUT2D eigenvalue weighted by Crippen LogP contribution is -2.30. The Balaban J connectivity index is 1.80. The summed E-state index contributed by atoms with van der Waals surface area (Å²) in [4.78, 5) is 16.7. The summed E-state index contributed by atoms with van der Waals surface area (Å²) in [6, 6.07) is 5.24. The Labute approximate surface area is 227 Å². The number of nitrogens with zero attached hydrogens (tertiary/aromatic N) is 3. The van der Waals surface area contributed by atoms with Crippen molar-refractivity contribution in [2.45, 2.75) is 42.4 Å². The van der Waals surface area contributed by atoms with Gasteiger partial charge in [0.15, 0.2) is 21.3 Å². The fraction of sp³-hybridized carbons (Fsp3) is 0.333. The van der Waals surface area contributed by atoms with Crippen LogP contribution in [0, 0.1) is 12.7 Å². The van der Waals surface area contributed by atoms with Crippen LogP contribution in [0.1, 0.15) is 40.2 Å². The highest BCUT2D eigenvalue weighted by Gasteiger charge is 2.65. The Morgan fingerprint density at radius 3 is 2.24 bits per heavy atom. The van der Waals surface area contributed by atoms with Crippen molar-refractivity contribution >= 4 is 21.4 Å². The van der Waals surface area contributed by atoms with Crippen molar-refractivity contribution in [3.05, 3.63) is 58.7 Å². The molecular weight excluding hydrogens is 589 g/mol. The van der Waals surface area contributed by atoms with Gasteiger partial charge < -0.3 is 14.8 Å². The first kappa shape index (κ1) is 30.0. The number of aromatic nitrogens is 3. The molecule has 220 valence electrons. The van der Waals surface area contributed by atoms with Crippen molar-refractivity contribution in [3.63, 3.8) is 0 Å². The SMILES string of the molecule is COc1nc(C2(C(F)(F)F)CC2)cc(F)c1Oc1nnc(C(F)(F)F)c(C)c1C(=O)Nc1cccc(S(C)(=O)=O)c1. The molecule has 1 aliphatic carbocycles. The molecule has 1 N–H and O–H groups in total. The number of hydrogen-bond acceptors (Lipinski definition) is 8. The third-order valence-corrected chi connectivity index (χ3v) is 7.38. The van der Waals surface area contributed by atoms with Gasteiger partial charge in [0.1, 0.15) is 11.0 Å². The van der Waals surface area contributed by atoms with Crippen molar-refractivity contribution in [2.75, 3.05) is 18.7 Å². The fourth-order valence-electron chi connectivity index (χ4n) is 3.97. The van der Waals surface area contributed by atoms with Crippen molar-refractivity contribution in [1.29, 1.82) is 0 Å². The van der Waals surface area contributed by atoms with Gasteiger partial charge in [-0.25, -0.2) is 17.8 Å². The van der Waals surface area contributed by atoms with E-state index >= 15 is 4.39 Å². The normalized spacial score (nSPS) is 14.9. The lowest BCUT2D eigenvalue weighted by molar-refractivity contribution is -0.161. The summed E-state index contributed by atoms with van der Waals surface area (Å²) in [6.07, 6.45) is -9.62. The van der Waals surface area contributed by atoms with E-state index in [0.29, 0.717) is 6.07 Å². The van der Waals surface area contributed by atoms with E-state index in [0.717, 1.165) is 26.4 Å². The molecule has 0 atom stereocenters. The van der Waals surface area contributed by atoms with E-state index in [-0.39, 0.29) is 23.4 Å². The minimum atomic E-state index is -5.08. The number of sulfone groups is 1. The Morgan fingerprint density at radius 2 is 1.71 bits per heavy atom. The van der Waals surface area contributed by atoms with Gasteiger partial charge in [-0.15, -0.1) is 10.2 Å². The second-order valence-electron chi connectivity index (χ2n) is 9.12. The van der Waals surface area contributed by atoms with Crippen LogP contribution in [0.15, 0.2) is 35.2 Å². The predicted molar refractivity (Wildman–Crippen MR) is 127 cm³/mol. The number of pyridine rings is 1. The number of carbonyl (C=O) groups excluding carboxylic acids is 1. The predicted octanol–water partition coefficient (Wildman–Crippen LogP) is 5.39. The molecule has 1 saturated carbocycles. The molecule has 3 aromatic rings. The summed E-state index contributed by atoms with van der Waals surface area (Å²) < 4.78 is 130. The molecule has 0 aliphatic heterocycles. The summed E-state index contributed by atoms with van der Waals surface area (Å²) in [5.74, 6) is -5.41. The molecule has 2 heterocycles. The first-order chi connectivity index (χ1) is 18.9. The molecule has 0 unspecified atom stereocenters. The Morgan fingerprint density at radius 1 is 1.05 bits per heavy atom. The maximum atomic E-state index is 15.1.